The van der Waals surface area contributed by atoms with Gasteiger partial charge in [0, 0.05) is 6.07 Å². The summed E-state index contributed by atoms with van der Waals surface area (Å²) in [5.41, 5.74) is 5.55. The summed E-state index contributed by atoms with van der Waals surface area (Å²) in [6.07, 6.45) is 1.58. The molecule has 0 aliphatic carbocycles. The van der Waals surface area contributed by atoms with Crippen LogP contribution in [-0.2, 0) is 0 Å². The predicted octanol–water partition coefficient (Wildman–Crippen LogP) is 1.21. The zero-order chi connectivity index (χ0) is 11.7. The van der Waals surface area contributed by atoms with E-state index in [1.807, 2.05) is 0 Å². The molecule has 84 valence electrons. The minimum absolute atomic E-state index is 0.261. The molecule has 0 amide bonds. The van der Waals surface area contributed by atoms with Gasteiger partial charge in [0.15, 0.2) is 11.6 Å². The molecular weight excluding hydrogens is 230 g/mol. The number of hydrogen-bond donors (Lipinski definition) is 1. The van der Waals surface area contributed by atoms with Crippen molar-refractivity contribution in [3.05, 3.63) is 23.1 Å². The standard InChI is InChI=1S/C9H10ClN5O/c1-5-12-7(3-8(13-5)16-2)15-4-6(10)9(11)14-15/h3-4H,1-2H3,(H2,11,14). The number of halogens is 1. The maximum atomic E-state index is 5.81. The fourth-order valence-corrected chi connectivity index (χ4v) is 1.36. The number of rotatable bonds is 2. The molecule has 0 saturated heterocycles. The van der Waals surface area contributed by atoms with Crippen LogP contribution in [0.15, 0.2) is 12.3 Å². The van der Waals surface area contributed by atoms with Gasteiger partial charge < -0.3 is 10.5 Å². The smallest absolute Gasteiger partial charge is 0.218 e. The van der Waals surface area contributed by atoms with Crippen LogP contribution in [0.5, 0.6) is 5.88 Å². The maximum absolute atomic E-state index is 5.81. The zero-order valence-corrected chi connectivity index (χ0v) is 9.56. The molecule has 2 N–H and O–H groups in total. The molecule has 2 rings (SSSR count). The number of nitrogen functional groups attached to an aromatic ring is 1. The highest BCUT2D eigenvalue weighted by Gasteiger charge is 2.08. The number of ether oxygens (including phenoxy) is 1. The van der Waals surface area contributed by atoms with Crippen molar-refractivity contribution in [3.63, 3.8) is 0 Å². The molecule has 0 bridgehead atoms. The lowest BCUT2D eigenvalue weighted by atomic mass is 10.5. The van der Waals surface area contributed by atoms with Gasteiger partial charge in [-0.2, -0.15) is 4.98 Å². The Hall–Kier alpha value is -1.82. The lowest BCUT2D eigenvalue weighted by Crippen LogP contribution is -2.03. The number of anilines is 1. The normalized spacial score (nSPS) is 10.4. The van der Waals surface area contributed by atoms with Crippen LogP contribution in [0, 0.1) is 6.92 Å². The Morgan fingerprint density at radius 2 is 2.19 bits per heavy atom. The van der Waals surface area contributed by atoms with Gasteiger partial charge in [-0.3, -0.25) is 0 Å². The number of aromatic nitrogens is 4. The summed E-state index contributed by atoms with van der Waals surface area (Å²) in [5.74, 6) is 1.87. The third-order valence-corrected chi connectivity index (χ3v) is 2.23. The Bertz CT molecular complexity index is 505. The number of nitrogens with zero attached hydrogens (tertiary/aromatic N) is 4. The zero-order valence-electron chi connectivity index (χ0n) is 8.81. The topological polar surface area (TPSA) is 78.9 Å². The number of methoxy groups -OCH3 is 1. The van der Waals surface area contributed by atoms with E-state index in [2.05, 4.69) is 15.1 Å². The van der Waals surface area contributed by atoms with Crippen LogP contribution >= 0.6 is 11.6 Å². The summed E-state index contributed by atoms with van der Waals surface area (Å²) in [6.45, 7) is 1.76. The van der Waals surface area contributed by atoms with Crippen LogP contribution in [0.25, 0.3) is 5.82 Å². The van der Waals surface area contributed by atoms with Crippen molar-refractivity contribution >= 4 is 17.4 Å². The molecule has 7 heteroatoms. The first-order valence-electron chi connectivity index (χ1n) is 4.51. The third-order valence-electron chi connectivity index (χ3n) is 1.94. The van der Waals surface area contributed by atoms with Gasteiger partial charge in [0.1, 0.15) is 10.8 Å². The Morgan fingerprint density at radius 3 is 2.75 bits per heavy atom. The highest BCUT2D eigenvalue weighted by Crippen LogP contribution is 2.19. The van der Waals surface area contributed by atoms with Crippen molar-refractivity contribution in [3.8, 4) is 11.7 Å². The molecule has 0 aliphatic heterocycles. The molecule has 0 spiro atoms. The van der Waals surface area contributed by atoms with Crippen molar-refractivity contribution in [1.29, 1.82) is 0 Å². The quantitative estimate of drug-likeness (QED) is 0.852. The van der Waals surface area contributed by atoms with Crippen molar-refractivity contribution in [2.75, 3.05) is 12.8 Å². The third kappa shape index (κ3) is 1.92. The van der Waals surface area contributed by atoms with Crippen LogP contribution in [0.2, 0.25) is 5.02 Å². The summed E-state index contributed by atoms with van der Waals surface area (Å²) in [6, 6.07) is 1.65. The molecule has 0 unspecified atom stereocenters. The molecule has 16 heavy (non-hydrogen) atoms. The maximum Gasteiger partial charge on any atom is 0.218 e. The van der Waals surface area contributed by atoms with E-state index < -0.39 is 0 Å². The van der Waals surface area contributed by atoms with E-state index in [-0.39, 0.29) is 5.82 Å². The minimum atomic E-state index is 0.261. The van der Waals surface area contributed by atoms with E-state index in [0.29, 0.717) is 22.5 Å². The second-order valence-electron chi connectivity index (χ2n) is 3.12. The Morgan fingerprint density at radius 1 is 1.44 bits per heavy atom. The summed E-state index contributed by atoms with van der Waals surface area (Å²) in [7, 11) is 1.54. The van der Waals surface area contributed by atoms with Crippen molar-refractivity contribution < 1.29 is 4.74 Å². The Labute approximate surface area is 97.0 Å². The minimum Gasteiger partial charge on any atom is -0.481 e. The SMILES string of the molecule is COc1cc(-n2cc(Cl)c(N)n2)nc(C)n1. The summed E-state index contributed by atoms with van der Waals surface area (Å²) < 4.78 is 6.52. The van der Waals surface area contributed by atoms with E-state index in [9.17, 15) is 0 Å². The molecule has 6 nitrogen and oxygen atoms in total. The summed E-state index contributed by atoms with van der Waals surface area (Å²) in [4.78, 5) is 8.27. The first kappa shape index (κ1) is 10.7. The fourth-order valence-electron chi connectivity index (χ4n) is 1.23. The van der Waals surface area contributed by atoms with Gasteiger partial charge in [0.2, 0.25) is 5.88 Å². The predicted molar refractivity (Wildman–Crippen MR) is 59.9 cm³/mol. The van der Waals surface area contributed by atoms with Crippen LogP contribution in [0.1, 0.15) is 5.82 Å². The van der Waals surface area contributed by atoms with Gasteiger partial charge in [-0.1, -0.05) is 11.6 Å². The average molecular weight is 240 g/mol. The lowest BCUT2D eigenvalue weighted by Gasteiger charge is -2.04. The van der Waals surface area contributed by atoms with Crippen LogP contribution in [0.3, 0.4) is 0 Å². The molecule has 2 aromatic heterocycles. The second kappa shape index (κ2) is 3.97. The average Bonchev–Trinajstić information content (AvgIpc) is 2.58. The van der Waals surface area contributed by atoms with Gasteiger partial charge in [0.05, 0.1) is 13.3 Å². The fraction of sp³-hybridized carbons (Fsp3) is 0.222. The first-order chi connectivity index (χ1) is 7.60. The summed E-state index contributed by atoms with van der Waals surface area (Å²) >= 11 is 5.81. The van der Waals surface area contributed by atoms with Gasteiger partial charge in [0.25, 0.3) is 0 Å². The monoisotopic (exact) mass is 239 g/mol. The van der Waals surface area contributed by atoms with E-state index >= 15 is 0 Å². The van der Waals surface area contributed by atoms with Gasteiger partial charge >= 0.3 is 0 Å². The Balaban J connectivity index is 2.50. The lowest BCUT2D eigenvalue weighted by molar-refractivity contribution is 0.395. The van der Waals surface area contributed by atoms with Gasteiger partial charge in [-0.25, -0.2) is 9.67 Å². The van der Waals surface area contributed by atoms with E-state index in [1.54, 1.807) is 19.2 Å². The van der Waals surface area contributed by atoms with Crippen LogP contribution in [-0.4, -0.2) is 26.9 Å². The summed E-state index contributed by atoms with van der Waals surface area (Å²) in [5, 5.41) is 4.40. The second-order valence-corrected chi connectivity index (χ2v) is 3.53. The molecule has 2 aromatic rings. The molecule has 0 saturated carbocycles. The van der Waals surface area contributed by atoms with Gasteiger partial charge in [-0.15, -0.1) is 5.10 Å². The van der Waals surface area contributed by atoms with Crippen molar-refractivity contribution in [2.24, 2.45) is 0 Å². The highest BCUT2D eigenvalue weighted by molar-refractivity contribution is 6.32. The number of hydrogen-bond acceptors (Lipinski definition) is 5. The molecular formula is C9H10ClN5O. The molecule has 2 heterocycles. The molecule has 0 radical (unpaired) electrons. The highest BCUT2D eigenvalue weighted by atomic mass is 35.5. The van der Waals surface area contributed by atoms with Crippen molar-refractivity contribution in [1.82, 2.24) is 19.7 Å². The van der Waals surface area contributed by atoms with Gasteiger partial charge in [-0.05, 0) is 6.92 Å². The Kier molecular flexibility index (Phi) is 2.66. The molecule has 0 aromatic carbocycles. The van der Waals surface area contributed by atoms with Crippen LogP contribution < -0.4 is 10.5 Å². The number of aryl methyl sites for hydroxylation is 1. The van der Waals surface area contributed by atoms with Crippen molar-refractivity contribution in [2.45, 2.75) is 6.92 Å². The molecule has 0 atom stereocenters. The van der Waals surface area contributed by atoms with E-state index in [1.165, 1.54) is 11.8 Å². The molecule has 0 fully saturated rings. The van der Waals surface area contributed by atoms with Crippen LogP contribution in [0.4, 0.5) is 5.82 Å². The first-order valence-corrected chi connectivity index (χ1v) is 4.88. The number of nitrogens with two attached hydrogens (primary N) is 1. The van der Waals surface area contributed by atoms with E-state index in [4.69, 9.17) is 22.1 Å². The van der Waals surface area contributed by atoms with E-state index in [0.717, 1.165) is 0 Å². The largest absolute Gasteiger partial charge is 0.481 e. The molecule has 0 aliphatic rings.